The van der Waals surface area contributed by atoms with E-state index in [1.165, 1.54) is 18.4 Å². The number of rotatable bonds is 7. The van der Waals surface area contributed by atoms with E-state index in [1.807, 2.05) is 0 Å². The average Bonchev–Trinajstić information content (AvgIpc) is 3.13. The highest BCUT2D eigenvalue weighted by molar-refractivity contribution is 5.32. The lowest BCUT2D eigenvalue weighted by Gasteiger charge is -2.26. The van der Waals surface area contributed by atoms with Crippen molar-refractivity contribution in [2.75, 3.05) is 6.54 Å². The molecule has 0 saturated heterocycles. The number of hydrogen-bond donors (Lipinski definition) is 1. The van der Waals surface area contributed by atoms with Crippen LogP contribution in [0.1, 0.15) is 52.5 Å². The Morgan fingerprint density at radius 3 is 2.37 bits per heavy atom. The summed E-state index contributed by atoms with van der Waals surface area (Å²) in [5.74, 6) is 1.02. The zero-order valence-electron chi connectivity index (χ0n) is 12.7. The molecule has 0 spiro atoms. The van der Waals surface area contributed by atoms with Crippen LogP contribution in [0.2, 0.25) is 0 Å². The van der Waals surface area contributed by atoms with E-state index >= 15 is 0 Å². The van der Waals surface area contributed by atoms with E-state index in [2.05, 4.69) is 57.3 Å². The normalized spacial score (nSPS) is 15.8. The van der Waals surface area contributed by atoms with Crippen molar-refractivity contribution in [3.8, 4) is 5.75 Å². The third-order valence-corrected chi connectivity index (χ3v) is 3.77. The van der Waals surface area contributed by atoms with Gasteiger partial charge in [0.15, 0.2) is 0 Å². The van der Waals surface area contributed by atoms with Crippen LogP contribution in [-0.2, 0) is 5.41 Å². The van der Waals surface area contributed by atoms with Crippen molar-refractivity contribution in [3.05, 3.63) is 29.8 Å². The fraction of sp³-hybridized carbons (Fsp3) is 0.647. The summed E-state index contributed by atoms with van der Waals surface area (Å²) in [7, 11) is 0. The molecule has 1 N–H and O–H groups in total. The van der Waals surface area contributed by atoms with E-state index in [0.29, 0.717) is 12.1 Å². The van der Waals surface area contributed by atoms with Gasteiger partial charge in [-0.2, -0.15) is 0 Å². The van der Waals surface area contributed by atoms with E-state index in [-0.39, 0.29) is 5.41 Å². The molecule has 1 fully saturated rings. The summed E-state index contributed by atoms with van der Waals surface area (Å²) in [6.07, 6.45) is 4.06. The van der Waals surface area contributed by atoms with Crippen molar-refractivity contribution >= 4 is 0 Å². The van der Waals surface area contributed by atoms with Crippen LogP contribution >= 0.6 is 0 Å². The van der Waals surface area contributed by atoms with E-state index < -0.39 is 0 Å². The van der Waals surface area contributed by atoms with Crippen molar-refractivity contribution < 1.29 is 4.74 Å². The predicted octanol–water partition coefficient (Wildman–Crippen LogP) is 3.89. The highest BCUT2D eigenvalue weighted by Crippen LogP contribution is 2.30. The molecular weight excluding hydrogens is 234 g/mol. The molecule has 0 heterocycles. The molecule has 2 nitrogen and oxygen atoms in total. The Morgan fingerprint density at radius 2 is 1.84 bits per heavy atom. The van der Waals surface area contributed by atoms with Crippen LogP contribution in [0.15, 0.2) is 24.3 Å². The third kappa shape index (κ3) is 4.54. The van der Waals surface area contributed by atoms with Gasteiger partial charge in [-0.1, -0.05) is 39.8 Å². The minimum atomic E-state index is 0.208. The number of benzene rings is 1. The maximum Gasteiger partial charge on any atom is 0.119 e. The van der Waals surface area contributed by atoms with Crippen LogP contribution in [0.3, 0.4) is 0 Å². The second kappa shape index (κ2) is 5.96. The molecule has 0 aromatic heterocycles. The van der Waals surface area contributed by atoms with Gasteiger partial charge in [-0.3, -0.25) is 0 Å². The van der Waals surface area contributed by atoms with Gasteiger partial charge in [0.2, 0.25) is 0 Å². The molecule has 0 amide bonds. The largest absolute Gasteiger partial charge is 0.490 e. The Hall–Kier alpha value is -1.02. The zero-order valence-corrected chi connectivity index (χ0v) is 12.7. The average molecular weight is 261 g/mol. The predicted molar refractivity (Wildman–Crippen MR) is 80.9 cm³/mol. The van der Waals surface area contributed by atoms with Gasteiger partial charge in [0.05, 0.1) is 6.10 Å². The zero-order chi connectivity index (χ0) is 13.9. The van der Waals surface area contributed by atoms with Crippen molar-refractivity contribution in [1.29, 1.82) is 0 Å². The first-order chi connectivity index (χ1) is 8.97. The van der Waals surface area contributed by atoms with Gasteiger partial charge < -0.3 is 10.1 Å². The van der Waals surface area contributed by atoms with Gasteiger partial charge in [0.25, 0.3) is 0 Å². The summed E-state index contributed by atoms with van der Waals surface area (Å²) in [5, 5.41) is 3.49. The minimum Gasteiger partial charge on any atom is -0.490 e. The standard InChI is InChI=1S/C17H27NO/c1-13(2)18-12-11-17(3,4)14-5-7-15(8-6-14)19-16-9-10-16/h5-8,13,16,18H,9-12H2,1-4H3. The molecule has 2 rings (SSSR count). The van der Waals surface area contributed by atoms with Crippen LogP contribution in [0.4, 0.5) is 0 Å². The van der Waals surface area contributed by atoms with Gasteiger partial charge in [-0.15, -0.1) is 0 Å². The van der Waals surface area contributed by atoms with Crippen LogP contribution in [-0.4, -0.2) is 18.7 Å². The molecule has 1 aromatic carbocycles. The molecular formula is C17H27NO. The van der Waals surface area contributed by atoms with Gasteiger partial charge >= 0.3 is 0 Å². The first-order valence-electron chi connectivity index (χ1n) is 7.48. The SMILES string of the molecule is CC(C)NCCC(C)(C)c1ccc(OC2CC2)cc1. The molecule has 106 valence electrons. The van der Waals surface area contributed by atoms with E-state index in [0.717, 1.165) is 18.7 Å². The van der Waals surface area contributed by atoms with Crippen LogP contribution in [0.5, 0.6) is 5.75 Å². The molecule has 1 saturated carbocycles. The van der Waals surface area contributed by atoms with Gasteiger partial charge in [0, 0.05) is 6.04 Å². The maximum atomic E-state index is 5.79. The maximum absolute atomic E-state index is 5.79. The second-order valence-corrected chi connectivity index (χ2v) is 6.58. The van der Waals surface area contributed by atoms with Crippen LogP contribution < -0.4 is 10.1 Å². The summed E-state index contributed by atoms with van der Waals surface area (Å²) in [4.78, 5) is 0. The van der Waals surface area contributed by atoms with E-state index in [1.54, 1.807) is 0 Å². The van der Waals surface area contributed by atoms with Crippen LogP contribution in [0.25, 0.3) is 0 Å². The van der Waals surface area contributed by atoms with Crippen LogP contribution in [0, 0.1) is 0 Å². The smallest absolute Gasteiger partial charge is 0.119 e. The van der Waals surface area contributed by atoms with Crippen molar-refractivity contribution in [3.63, 3.8) is 0 Å². The molecule has 1 aliphatic carbocycles. The molecule has 19 heavy (non-hydrogen) atoms. The molecule has 2 heteroatoms. The summed E-state index contributed by atoms with van der Waals surface area (Å²) < 4.78 is 5.79. The number of nitrogens with one attached hydrogen (secondary N) is 1. The molecule has 1 aromatic rings. The molecule has 0 aliphatic heterocycles. The Labute approximate surface area is 117 Å². The topological polar surface area (TPSA) is 21.3 Å². The second-order valence-electron chi connectivity index (χ2n) is 6.58. The summed E-state index contributed by atoms with van der Waals surface area (Å²) in [6, 6.07) is 9.22. The molecule has 0 unspecified atom stereocenters. The summed E-state index contributed by atoms with van der Waals surface area (Å²) in [6.45, 7) is 10.1. The molecule has 0 bridgehead atoms. The van der Waals surface area contributed by atoms with Crippen molar-refractivity contribution in [1.82, 2.24) is 5.32 Å². The van der Waals surface area contributed by atoms with Crippen molar-refractivity contribution in [2.45, 2.75) is 64.5 Å². The Morgan fingerprint density at radius 1 is 1.21 bits per heavy atom. The monoisotopic (exact) mass is 261 g/mol. The first-order valence-corrected chi connectivity index (χ1v) is 7.48. The highest BCUT2D eigenvalue weighted by atomic mass is 16.5. The molecule has 0 atom stereocenters. The highest BCUT2D eigenvalue weighted by Gasteiger charge is 2.24. The lowest BCUT2D eigenvalue weighted by Crippen LogP contribution is -2.29. The fourth-order valence-electron chi connectivity index (χ4n) is 2.18. The summed E-state index contributed by atoms with van der Waals surface area (Å²) >= 11 is 0. The van der Waals surface area contributed by atoms with Gasteiger partial charge in [0.1, 0.15) is 5.75 Å². The molecule has 1 aliphatic rings. The Balaban J connectivity index is 1.90. The number of hydrogen-bond acceptors (Lipinski definition) is 2. The fourth-order valence-corrected chi connectivity index (χ4v) is 2.18. The number of ether oxygens (including phenoxy) is 1. The lowest BCUT2D eigenvalue weighted by molar-refractivity contribution is 0.303. The molecule has 0 radical (unpaired) electrons. The van der Waals surface area contributed by atoms with Crippen molar-refractivity contribution in [2.24, 2.45) is 0 Å². The van der Waals surface area contributed by atoms with E-state index in [4.69, 9.17) is 4.74 Å². The quantitative estimate of drug-likeness (QED) is 0.804. The minimum absolute atomic E-state index is 0.208. The summed E-state index contributed by atoms with van der Waals surface area (Å²) in [5.41, 5.74) is 1.60. The first kappa shape index (κ1) is 14.4. The van der Waals surface area contributed by atoms with E-state index in [9.17, 15) is 0 Å². The Kier molecular flexibility index (Phi) is 4.51. The third-order valence-electron chi connectivity index (χ3n) is 3.77. The lowest BCUT2D eigenvalue weighted by atomic mass is 9.81. The van der Waals surface area contributed by atoms with Gasteiger partial charge in [-0.25, -0.2) is 0 Å². The van der Waals surface area contributed by atoms with Gasteiger partial charge in [-0.05, 0) is 48.9 Å². The Bertz CT molecular complexity index is 390.